The molecule has 0 bridgehead atoms. The van der Waals surface area contributed by atoms with Gasteiger partial charge in [0.2, 0.25) is 10.0 Å². The molecule has 34 heavy (non-hydrogen) atoms. The Bertz CT molecular complexity index is 1200. The molecule has 1 heterocycles. The maximum atomic E-state index is 13.0. The van der Waals surface area contributed by atoms with E-state index in [-0.39, 0.29) is 52.8 Å². The van der Waals surface area contributed by atoms with E-state index in [9.17, 15) is 18.0 Å². The van der Waals surface area contributed by atoms with Gasteiger partial charge in [-0.2, -0.15) is 4.31 Å². The van der Waals surface area contributed by atoms with Gasteiger partial charge in [0, 0.05) is 13.1 Å². The lowest BCUT2D eigenvalue weighted by atomic mass is 9.88. The average molecular weight is 527 g/mol. The molecule has 1 saturated heterocycles. The molecule has 1 aliphatic heterocycles. The molecule has 1 atom stereocenters. The lowest BCUT2D eigenvalue weighted by Gasteiger charge is -2.26. The van der Waals surface area contributed by atoms with Gasteiger partial charge in [-0.25, -0.2) is 13.2 Å². The molecular weight excluding hydrogens is 503 g/mol. The Hall–Kier alpha value is -2.17. The van der Waals surface area contributed by atoms with Gasteiger partial charge in [0.15, 0.2) is 6.61 Å². The Labute approximate surface area is 208 Å². The molecule has 1 N–H and O–H groups in total. The summed E-state index contributed by atoms with van der Waals surface area (Å²) in [4.78, 5) is 24.9. The highest BCUT2D eigenvalue weighted by atomic mass is 35.5. The molecule has 8 nitrogen and oxygen atoms in total. The van der Waals surface area contributed by atoms with Crippen molar-refractivity contribution in [2.24, 2.45) is 0 Å². The molecule has 11 heteroatoms. The van der Waals surface area contributed by atoms with Crippen molar-refractivity contribution in [1.29, 1.82) is 0 Å². The van der Waals surface area contributed by atoms with E-state index in [0.717, 1.165) is 30.9 Å². The highest BCUT2D eigenvalue weighted by Crippen LogP contribution is 2.32. The number of sulfonamides is 1. The van der Waals surface area contributed by atoms with Crippen molar-refractivity contribution in [2.75, 3.05) is 32.9 Å². The monoisotopic (exact) mass is 526 g/mol. The minimum Gasteiger partial charge on any atom is -0.452 e. The number of morpholine rings is 1. The van der Waals surface area contributed by atoms with Crippen LogP contribution in [0, 0.1) is 0 Å². The van der Waals surface area contributed by atoms with Crippen molar-refractivity contribution in [3.05, 3.63) is 63.1 Å². The number of hydrogen-bond donors (Lipinski definition) is 1. The van der Waals surface area contributed by atoms with Crippen LogP contribution in [0.4, 0.5) is 0 Å². The molecule has 1 amide bonds. The molecule has 2 aromatic rings. The number of hydrogen-bond acceptors (Lipinski definition) is 6. The number of nitrogens with zero attached hydrogens (tertiary/aromatic N) is 1. The molecule has 0 radical (unpaired) electrons. The summed E-state index contributed by atoms with van der Waals surface area (Å²) in [6.07, 6.45) is 2.70. The molecule has 1 aliphatic carbocycles. The Kier molecular flexibility index (Phi) is 7.79. The Balaban J connectivity index is 1.44. The van der Waals surface area contributed by atoms with Gasteiger partial charge in [0.1, 0.15) is 4.90 Å². The van der Waals surface area contributed by atoms with Crippen LogP contribution in [0.3, 0.4) is 0 Å². The molecule has 1 unspecified atom stereocenters. The van der Waals surface area contributed by atoms with Crippen LogP contribution in [0.5, 0.6) is 0 Å². The van der Waals surface area contributed by atoms with Crippen LogP contribution in [-0.4, -0.2) is 57.5 Å². The van der Waals surface area contributed by atoms with Crippen molar-refractivity contribution in [3.8, 4) is 0 Å². The highest BCUT2D eigenvalue weighted by Gasteiger charge is 2.30. The van der Waals surface area contributed by atoms with Crippen LogP contribution in [-0.2, 0) is 30.7 Å². The van der Waals surface area contributed by atoms with Gasteiger partial charge in [-0.3, -0.25) is 4.79 Å². The molecule has 0 aromatic heterocycles. The first-order valence-electron chi connectivity index (χ1n) is 10.9. The van der Waals surface area contributed by atoms with Crippen LogP contribution < -0.4 is 5.32 Å². The second-order valence-corrected chi connectivity index (χ2v) is 10.8. The minimum atomic E-state index is -3.97. The standard InChI is InChI=1S/C23H24Cl2N2O6S/c24-18-13-19(25)21(34(30,31)27-8-10-32-11-9-27)12-17(18)23(29)33-14-22(28)26-20-7-3-5-15-4-1-2-6-16(15)20/h1-2,4,6,12-13,20H,3,5,7-11,14H2,(H,26,28). The summed E-state index contributed by atoms with van der Waals surface area (Å²) in [7, 11) is -3.97. The van der Waals surface area contributed by atoms with Gasteiger partial charge < -0.3 is 14.8 Å². The van der Waals surface area contributed by atoms with E-state index in [2.05, 4.69) is 5.32 Å². The van der Waals surface area contributed by atoms with Crippen LogP contribution in [0.2, 0.25) is 10.0 Å². The van der Waals surface area contributed by atoms with E-state index < -0.39 is 28.5 Å². The van der Waals surface area contributed by atoms with Gasteiger partial charge in [0.25, 0.3) is 5.91 Å². The number of nitrogens with one attached hydrogen (secondary N) is 1. The van der Waals surface area contributed by atoms with Crippen molar-refractivity contribution in [2.45, 2.75) is 30.2 Å². The second kappa shape index (κ2) is 10.6. The lowest BCUT2D eigenvalue weighted by molar-refractivity contribution is -0.125. The largest absolute Gasteiger partial charge is 0.452 e. The Morgan fingerprint density at radius 2 is 1.85 bits per heavy atom. The molecular formula is C23H24Cl2N2O6S. The zero-order valence-electron chi connectivity index (χ0n) is 18.3. The van der Waals surface area contributed by atoms with E-state index in [1.54, 1.807) is 0 Å². The molecule has 0 saturated carbocycles. The Morgan fingerprint density at radius 3 is 2.62 bits per heavy atom. The van der Waals surface area contributed by atoms with Crippen molar-refractivity contribution < 1.29 is 27.5 Å². The van der Waals surface area contributed by atoms with Gasteiger partial charge >= 0.3 is 5.97 Å². The van der Waals surface area contributed by atoms with Crippen molar-refractivity contribution in [1.82, 2.24) is 9.62 Å². The van der Waals surface area contributed by atoms with Crippen molar-refractivity contribution >= 4 is 45.1 Å². The first-order valence-corrected chi connectivity index (χ1v) is 13.1. The molecule has 182 valence electrons. The number of halogens is 2. The van der Waals surface area contributed by atoms with Crippen LogP contribution in [0.1, 0.15) is 40.4 Å². The zero-order valence-corrected chi connectivity index (χ0v) is 20.6. The van der Waals surface area contributed by atoms with E-state index >= 15 is 0 Å². The fourth-order valence-corrected chi connectivity index (χ4v) is 6.39. The number of amides is 1. The smallest absolute Gasteiger partial charge is 0.340 e. The van der Waals surface area contributed by atoms with Gasteiger partial charge in [0.05, 0.1) is 34.9 Å². The average Bonchev–Trinajstić information content (AvgIpc) is 2.83. The van der Waals surface area contributed by atoms with Gasteiger partial charge in [-0.05, 0) is 42.5 Å². The quantitative estimate of drug-likeness (QED) is 0.579. The van der Waals surface area contributed by atoms with E-state index in [1.807, 2.05) is 24.3 Å². The van der Waals surface area contributed by atoms with Crippen LogP contribution in [0.25, 0.3) is 0 Å². The predicted octanol–water partition coefficient (Wildman–Crippen LogP) is 3.36. The summed E-state index contributed by atoms with van der Waals surface area (Å²) in [6.45, 7) is 0.346. The SMILES string of the molecule is O=C(COC(=O)c1cc(S(=O)(=O)N2CCOCC2)c(Cl)cc1Cl)NC1CCCc2ccccc21. The summed E-state index contributed by atoms with van der Waals surface area (Å²) in [5, 5.41) is 2.72. The van der Waals surface area contributed by atoms with Gasteiger partial charge in [-0.1, -0.05) is 47.5 Å². The highest BCUT2D eigenvalue weighted by molar-refractivity contribution is 7.89. The third kappa shape index (κ3) is 5.39. The summed E-state index contributed by atoms with van der Waals surface area (Å²) in [6, 6.07) is 10.0. The molecule has 4 rings (SSSR count). The summed E-state index contributed by atoms with van der Waals surface area (Å²) in [5.74, 6) is -1.37. The van der Waals surface area contributed by atoms with E-state index in [4.69, 9.17) is 32.7 Å². The number of ether oxygens (including phenoxy) is 2. The fourth-order valence-electron chi connectivity index (χ4n) is 4.16. The molecule has 1 fully saturated rings. The minimum absolute atomic E-state index is 0.0717. The number of carbonyl (C=O) groups excluding carboxylic acids is 2. The number of rotatable bonds is 6. The number of carbonyl (C=O) groups is 2. The van der Waals surface area contributed by atoms with E-state index in [1.165, 1.54) is 15.9 Å². The van der Waals surface area contributed by atoms with Crippen LogP contribution in [0.15, 0.2) is 41.3 Å². The zero-order chi connectivity index (χ0) is 24.3. The first-order chi connectivity index (χ1) is 16.3. The number of aryl methyl sites for hydroxylation is 1. The Morgan fingerprint density at radius 1 is 1.12 bits per heavy atom. The first kappa shape index (κ1) is 24.9. The second-order valence-electron chi connectivity index (χ2n) is 8.07. The number of fused-ring (bicyclic) bond motifs is 1. The maximum Gasteiger partial charge on any atom is 0.340 e. The van der Waals surface area contributed by atoms with Crippen molar-refractivity contribution in [3.63, 3.8) is 0 Å². The van der Waals surface area contributed by atoms with E-state index in [0.29, 0.717) is 0 Å². The van der Waals surface area contributed by atoms with Crippen LogP contribution >= 0.6 is 23.2 Å². The molecule has 2 aromatic carbocycles. The number of benzene rings is 2. The molecule has 2 aliphatic rings. The van der Waals surface area contributed by atoms with Gasteiger partial charge in [-0.15, -0.1) is 0 Å². The topological polar surface area (TPSA) is 102 Å². The summed E-state index contributed by atoms with van der Waals surface area (Å²) >= 11 is 12.3. The normalized spacial score (nSPS) is 18.7. The lowest BCUT2D eigenvalue weighted by Crippen LogP contribution is -2.40. The third-order valence-corrected chi connectivity index (χ3v) is 8.54. The predicted molar refractivity (Wildman–Crippen MR) is 127 cm³/mol. The third-order valence-electron chi connectivity index (χ3n) is 5.87. The summed E-state index contributed by atoms with van der Waals surface area (Å²) in [5.41, 5.74) is 2.07. The maximum absolute atomic E-state index is 13.0. The molecule has 0 spiro atoms. The number of esters is 1. The summed E-state index contributed by atoms with van der Waals surface area (Å²) < 4.78 is 37.6. The fraction of sp³-hybridized carbons (Fsp3) is 0.391.